The van der Waals surface area contributed by atoms with Crippen LogP contribution in [0.25, 0.3) is 11.0 Å². The largest absolute Gasteiger partial charge is 0.340 e. The van der Waals surface area contributed by atoms with Gasteiger partial charge in [0, 0.05) is 25.8 Å². The first-order chi connectivity index (χ1) is 13.8. The lowest BCUT2D eigenvalue weighted by molar-refractivity contribution is 0.353. The summed E-state index contributed by atoms with van der Waals surface area (Å²) in [6, 6.07) is 5.32. The molecule has 3 heterocycles. The number of hydrogen-bond acceptors (Lipinski definition) is 6. The van der Waals surface area contributed by atoms with Crippen LogP contribution in [0.3, 0.4) is 0 Å². The van der Waals surface area contributed by atoms with Crippen molar-refractivity contribution >= 4 is 40.1 Å². The van der Waals surface area contributed by atoms with E-state index in [-0.39, 0.29) is 0 Å². The number of H-pyrrole nitrogens is 1. The van der Waals surface area contributed by atoms with Gasteiger partial charge in [-0.05, 0) is 36.5 Å². The lowest BCUT2D eigenvalue weighted by Crippen LogP contribution is -2.39. The predicted molar refractivity (Wildman–Crippen MR) is 115 cm³/mol. The van der Waals surface area contributed by atoms with Crippen molar-refractivity contribution in [3.05, 3.63) is 50.1 Å². The molecular formula is C20H23ClN6O2. The molecule has 2 N–H and O–H groups in total. The first-order valence-corrected chi connectivity index (χ1v) is 9.97. The van der Waals surface area contributed by atoms with Gasteiger partial charge in [-0.1, -0.05) is 25.4 Å². The first kappa shape index (κ1) is 19.4. The standard InChI is InChI=1S/C20H23ClN6O2/c1-11-6-12(2)10-27(9-11)20-22-8-14(21)17(25-20)23-13-4-5-16-15(7-13)24-18(28)19(29)26(16)3/h4-5,7-8,11-12H,6,9-10H2,1-3H3,(H,24,28)(H,22,23,25)/t11-,12+. The molecule has 3 aromatic rings. The molecule has 0 bridgehead atoms. The van der Waals surface area contributed by atoms with Crippen molar-refractivity contribution in [3.63, 3.8) is 0 Å². The van der Waals surface area contributed by atoms with Crippen LogP contribution >= 0.6 is 11.6 Å². The van der Waals surface area contributed by atoms with Gasteiger partial charge in [-0.3, -0.25) is 9.59 Å². The Hall–Kier alpha value is -2.87. The third kappa shape index (κ3) is 3.85. The second kappa shape index (κ2) is 7.51. The molecule has 1 saturated heterocycles. The minimum Gasteiger partial charge on any atom is -0.340 e. The average molecular weight is 415 g/mol. The van der Waals surface area contributed by atoms with Gasteiger partial charge in [0.25, 0.3) is 0 Å². The lowest BCUT2D eigenvalue weighted by atomic mass is 9.92. The van der Waals surface area contributed by atoms with Crippen molar-refractivity contribution in [2.45, 2.75) is 20.3 Å². The van der Waals surface area contributed by atoms with E-state index < -0.39 is 11.1 Å². The fourth-order valence-electron chi connectivity index (χ4n) is 4.00. The Morgan fingerprint density at radius 3 is 2.66 bits per heavy atom. The van der Waals surface area contributed by atoms with Crippen molar-refractivity contribution < 1.29 is 0 Å². The summed E-state index contributed by atoms with van der Waals surface area (Å²) in [7, 11) is 1.57. The van der Waals surface area contributed by atoms with Gasteiger partial charge in [0.2, 0.25) is 5.95 Å². The average Bonchev–Trinajstić information content (AvgIpc) is 2.67. The van der Waals surface area contributed by atoms with E-state index in [1.165, 1.54) is 11.0 Å². The molecule has 9 heteroatoms. The van der Waals surface area contributed by atoms with Crippen LogP contribution in [0.1, 0.15) is 20.3 Å². The number of halogens is 1. The Labute approximate surface area is 172 Å². The molecule has 8 nitrogen and oxygen atoms in total. The minimum atomic E-state index is -0.659. The van der Waals surface area contributed by atoms with Crippen LogP contribution in [-0.4, -0.2) is 32.6 Å². The molecule has 1 fully saturated rings. The van der Waals surface area contributed by atoms with Crippen molar-refractivity contribution in [2.24, 2.45) is 18.9 Å². The summed E-state index contributed by atoms with van der Waals surface area (Å²) in [5, 5.41) is 3.60. The van der Waals surface area contributed by atoms with Crippen LogP contribution in [0.4, 0.5) is 17.5 Å². The van der Waals surface area contributed by atoms with E-state index in [4.69, 9.17) is 11.6 Å². The number of anilines is 3. The molecule has 2 aromatic heterocycles. The molecule has 1 aromatic carbocycles. The number of rotatable bonds is 3. The highest BCUT2D eigenvalue weighted by atomic mass is 35.5. The summed E-state index contributed by atoms with van der Waals surface area (Å²) in [5.41, 5.74) is 0.621. The van der Waals surface area contributed by atoms with Gasteiger partial charge < -0.3 is 19.8 Å². The van der Waals surface area contributed by atoms with Gasteiger partial charge in [-0.2, -0.15) is 4.98 Å². The number of aromatic nitrogens is 4. The van der Waals surface area contributed by atoms with Gasteiger partial charge in [0.1, 0.15) is 5.02 Å². The van der Waals surface area contributed by atoms with Crippen molar-refractivity contribution in [2.75, 3.05) is 23.3 Å². The second-order valence-electron chi connectivity index (χ2n) is 7.89. The molecule has 29 heavy (non-hydrogen) atoms. The second-order valence-corrected chi connectivity index (χ2v) is 8.30. The van der Waals surface area contributed by atoms with Crippen LogP contribution in [0.15, 0.2) is 34.0 Å². The fraction of sp³-hybridized carbons (Fsp3) is 0.400. The van der Waals surface area contributed by atoms with E-state index in [2.05, 4.69) is 39.0 Å². The fourth-order valence-corrected chi connectivity index (χ4v) is 4.14. The molecule has 1 aliphatic rings. The Kier molecular flexibility index (Phi) is 5.04. The predicted octanol–water partition coefficient (Wildman–Crippen LogP) is 2.90. The highest BCUT2D eigenvalue weighted by molar-refractivity contribution is 6.32. The molecular weight excluding hydrogens is 392 g/mol. The van der Waals surface area contributed by atoms with Crippen molar-refractivity contribution in [1.82, 2.24) is 19.5 Å². The SMILES string of the molecule is C[C@@H]1C[C@H](C)CN(c2ncc(Cl)c(Nc3ccc4c(c3)[nH]c(=O)c(=O)n4C)n2)C1. The van der Waals surface area contributed by atoms with E-state index in [0.29, 0.717) is 45.3 Å². The number of fused-ring (bicyclic) bond motifs is 1. The smallest absolute Gasteiger partial charge is 0.316 e. The third-order valence-corrected chi connectivity index (χ3v) is 5.53. The number of aryl methyl sites for hydroxylation is 1. The molecule has 0 aliphatic carbocycles. The summed E-state index contributed by atoms with van der Waals surface area (Å²) in [4.78, 5) is 37.4. The highest BCUT2D eigenvalue weighted by Gasteiger charge is 2.24. The minimum absolute atomic E-state index is 0.404. The van der Waals surface area contributed by atoms with E-state index in [9.17, 15) is 9.59 Å². The van der Waals surface area contributed by atoms with Gasteiger partial charge in [0.15, 0.2) is 5.82 Å². The summed E-state index contributed by atoms with van der Waals surface area (Å²) in [6.45, 7) is 6.30. The van der Waals surface area contributed by atoms with Gasteiger partial charge in [0.05, 0.1) is 17.2 Å². The number of nitrogens with zero attached hydrogens (tertiary/aromatic N) is 4. The number of nitrogens with one attached hydrogen (secondary N) is 2. The molecule has 2 atom stereocenters. The third-order valence-electron chi connectivity index (χ3n) is 5.25. The van der Waals surface area contributed by atoms with Crippen LogP contribution < -0.4 is 21.3 Å². The monoisotopic (exact) mass is 414 g/mol. The summed E-state index contributed by atoms with van der Waals surface area (Å²) >= 11 is 6.32. The van der Waals surface area contributed by atoms with Crippen LogP contribution in [-0.2, 0) is 7.05 Å². The zero-order valence-corrected chi connectivity index (χ0v) is 17.3. The molecule has 0 saturated carbocycles. The van der Waals surface area contributed by atoms with Gasteiger partial charge in [-0.15, -0.1) is 0 Å². The van der Waals surface area contributed by atoms with E-state index in [1.807, 2.05) is 6.07 Å². The molecule has 4 rings (SSSR count). The topological polar surface area (TPSA) is 95.9 Å². The quantitative estimate of drug-likeness (QED) is 0.640. The molecule has 0 amide bonds. The number of aromatic amines is 1. The zero-order valence-electron chi connectivity index (χ0n) is 16.6. The van der Waals surface area contributed by atoms with Crippen LogP contribution in [0.2, 0.25) is 5.02 Å². The van der Waals surface area contributed by atoms with E-state index >= 15 is 0 Å². The maximum atomic E-state index is 11.8. The van der Waals surface area contributed by atoms with Gasteiger partial charge in [-0.25, -0.2) is 4.98 Å². The number of benzene rings is 1. The van der Waals surface area contributed by atoms with Crippen LogP contribution in [0, 0.1) is 11.8 Å². The van der Waals surface area contributed by atoms with Crippen molar-refractivity contribution in [1.29, 1.82) is 0 Å². The number of hydrogen-bond donors (Lipinski definition) is 2. The Bertz CT molecular complexity index is 1180. The molecule has 1 aliphatic heterocycles. The summed E-state index contributed by atoms with van der Waals surface area (Å²) in [6.07, 6.45) is 2.80. The lowest BCUT2D eigenvalue weighted by Gasteiger charge is -2.35. The normalized spacial score (nSPS) is 19.5. The molecule has 152 valence electrons. The summed E-state index contributed by atoms with van der Waals surface area (Å²) < 4.78 is 1.33. The number of piperidine rings is 1. The Balaban J connectivity index is 1.66. The van der Waals surface area contributed by atoms with Crippen molar-refractivity contribution in [3.8, 4) is 0 Å². The maximum Gasteiger partial charge on any atom is 0.316 e. The Morgan fingerprint density at radius 1 is 1.21 bits per heavy atom. The maximum absolute atomic E-state index is 11.8. The van der Waals surface area contributed by atoms with Gasteiger partial charge >= 0.3 is 11.1 Å². The van der Waals surface area contributed by atoms with E-state index in [1.54, 1.807) is 25.4 Å². The molecule has 0 radical (unpaired) electrons. The Morgan fingerprint density at radius 2 is 1.93 bits per heavy atom. The first-order valence-electron chi connectivity index (χ1n) is 9.59. The summed E-state index contributed by atoms with van der Waals surface area (Å²) in [5.74, 6) is 2.30. The molecule has 0 unspecified atom stereocenters. The van der Waals surface area contributed by atoms with E-state index in [0.717, 1.165) is 13.1 Å². The van der Waals surface area contributed by atoms with Crippen LogP contribution in [0.5, 0.6) is 0 Å². The molecule has 0 spiro atoms. The zero-order chi connectivity index (χ0) is 20.7. The highest BCUT2D eigenvalue weighted by Crippen LogP contribution is 2.29.